The smallest absolute Gasteiger partial charge is 0.250 e. The van der Waals surface area contributed by atoms with Crippen molar-refractivity contribution < 1.29 is 13.2 Å². The fraction of sp³-hybridized carbons (Fsp3) is 0.333. The predicted octanol–water partition coefficient (Wildman–Crippen LogP) is -0.203. The zero-order valence-electron chi connectivity index (χ0n) is 9.60. The Bertz CT molecular complexity index is 550. The van der Waals surface area contributed by atoms with Crippen LogP contribution < -0.4 is 15.8 Å². The second-order valence-corrected chi connectivity index (χ2v) is 6.78. The molecule has 0 saturated carbocycles. The maximum atomic E-state index is 11.8. The third-order valence-corrected chi connectivity index (χ3v) is 5.25. The van der Waals surface area contributed by atoms with Crippen molar-refractivity contribution in [2.24, 2.45) is 5.73 Å². The van der Waals surface area contributed by atoms with Gasteiger partial charge in [0.1, 0.15) is 9.20 Å². The molecule has 1 aromatic heterocycles. The minimum atomic E-state index is -3.69. The second kappa shape index (κ2) is 6.23. The van der Waals surface area contributed by atoms with E-state index >= 15 is 0 Å². The highest BCUT2D eigenvalue weighted by molar-refractivity contribution is 7.91. The van der Waals surface area contributed by atoms with Gasteiger partial charge in [0.25, 0.3) is 10.0 Å². The molecule has 1 aromatic rings. The van der Waals surface area contributed by atoms with Gasteiger partial charge >= 0.3 is 0 Å². The number of amides is 1. The van der Waals surface area contributed by atoms with Gasteiger partial charge in [0.2, 0.25) is 5.91 Å². The van der Waals surface area contributed by atoms with E-state index in [0.717, 1.165) is 11.3 Å². The minimum absolute atomic E-state index is 0.0783. The number of nitrogens with one attached hydrogen (secondary N) is 2. The van der Waals surface area contributed by atoms with Gasteiger partial charge in [-0.15, -0.1) is 11.3 Å². The van der Waals surface area contributed by atoms with E-state index in [9.17, 15) is 13.2 Å². The van der Waals surface area contributed by atoms with Gasteiger partial charge in [0.15, 0.2) is 0 Å². The molecule has 0 spiro atoms. The first-order valence-corrected chi connectivity index (χ1v) is 7.73. The molecule has 0 unspecified atom stereocenters. The molecule has 9 heteroatoms. The highest BCUT2D eigenvalue weighted by atomic mass is 32.2. The van der Waals surface area contributed by atoms with Gasteiger partial charge in [-0.05, 0) is 19.1 Å². The molecule has 18 heavy (non-hydrogen) atoms. The Morgan fingerprint density at radius 2 is 2.17 bits per heavy atom. The van der Waals surface area contributed by atoms with Crippen LogP contribution in [0.15, 0.2) is 16.3 Å². The lowest BCUT2D eigenvalue weighted by atomic mass is 10.5. The highest BCUT2D eigenvalue weighted by Gasteiger charge is 2.18. The maximum absolute atomic E-state index is 11.8. The van der Waals surface area contributed by atoms with Crippen LogP contribution >= 0.6 is 23.6 Å². The number of likely N-dealkylation sites (N-methyl/N-ethyl adjacent to an activating group) is 1. The Kier molecular flexibility index (Phi) is 5.20. The standard InChI is InChI=1S/C9H13N3O3S3/c1-2-11-7(13)5-12-18(14,15)8-4-3-6(17-8)9(10)16/h3-4,12H,2,5H2,1H3,(H2,10,16)(H,11,13). The molecule has 1 heterocycles. The molecule has 0 aromatic carbocycles. The van der Waals surface area contributed by atoms with Crippen LogP contribution in [0, 0.1) is 0 Å². The average Bonchev–Trinajstić information content (AvgIpc) is 2.77. The summed E-state index contributed by atoms with van der Waals surface area (Å²) in [5, 5.41) is 2.49. The van der Waals surface area contributed by atoms with Crippen LogP contribution in [0.3, 0.4) is 0 Å². The fourth-order valence-electron chi connectivity index (χ4n) is 1.09. The number of carbonyl (C=O) groups is 1. The van der Waals surface area contributed by atoms with Crippen LogP contribution in [0.5, 0.6) is 0 Å². The molecular formula is C9H13N3O3S3. The molecule has 6 nitrogen and oxygen atoms in total. The van der Waals surface area contributed by atoms with Gasteiger partial charge in [0.05, 0.1) is 11.4 Å². The van der Waals surface area contributed by atoms with E-state index in [4.69, 9.17) is 18.0 Å². The molecule has 0 radical (unpaired) electrons. The molecule has 0 atom stereocenters. The Labute approximate surface area is 115 Å². The van der Waals surface area contributed by atoms with E-state index < -0.39 is 10.0 Å². The van der Waals surface area contributed by atoms with Crippen LogP contribution in [0.4, 0.5) is 0 Å². The molecule has 100 valence electrons. The lowest BCUT2D eigenvalue weighted by Crippen LogP contribution is -2.36. The van der Waals surface area contributed by atoms with E-state index in [1.54, 1.807) is 6.92 Å². The zero-order chi connectivity index (χ0) is 13.8. The average molecular weight is 307 g/mol. The summed E-state index contributed by atoms with van der Waals surface area (Å²) in [5.74, 6) is -0.382. The quantitative estimate of drug-likeness (QED) is 0.632. The highest BCUT2D eigenvalue weighted by Crippen LogP contribution is 2.21. The van der Waals surface area contributed by atoms with E-state index in [1.165, 1.54) is 12.1 Å². The summed E-state index contributed by atoms with van der Waals surface area (Å²) in [6.45, 7) is 1.90. The largest absolute Gasteiger partial charge is 0.389 e. The predicted molar refractivity (Wildman–Crippen MR) is 74.1 cm³/mol. The van der Waals surface area contributed by atoms with Crippen molar-refractivity contribution in [1.29, 1.82) is 0 Å². The summed E-state index contributed by atoms with van der Waals surface area (Å²) in [5.41, 5.74) is 5.39. The van der Waals surface area contributed by atoms with Crippen molar-refractivity contribution in [3.8, 4) is 0 Å². The fourth-order valence-corrected chi connectivity index (χ4v) is 3.47. The molecule has 1 amide bonds. The summed E-state index contributed by atoms with van der Waals surface area (Å²) >= 11 is 5.71. The van der Waals surface area contributed by atoms with E-state index in [2.05, 4.69) is 10.0 Å². The summed E-state index contributed by atoms with van der Waals surface area (Å²) in [6, 6.07) is 2.94. The summed E-state index contributed by atoms with van der Waals surface area (Å²) in [4.78, 5) is 11.8. The number of nitrogens with two attached hydrogens (primary N) is 1. The molecule has 1 rings (SSSR count). The van der Waals surface area contributed by atoms with Crippen LogP contribution in [0.25, 0.3) is 0 Å². The summed E-state index contributed by atoms with van der Waals surface area (Å²) in [6.07, 6.45) is 0. The molecule has 4 N–H and O–H groups in total. The van der Waals surface area contributed by atoms with Gasteiger partial charge in [-0.25, -0.2) is 13.1 Å². The van der Waals surface area contributed by atoms with Crippen molar-refractivity contribution in [2.45, 2.75) is 11.1 Å². The zero-order valence-corrected chi connectivity index (χ0v) is 12.0. The summed E-state index contributed by atoms with van der Waals surface area (Å²) in [7, 11) is -3.69. The van der Waals surface area contributed by atoms with Crippen LogP contribution in [0.1, 0.15) is 11.8 Å². The lowest BCUT2D eigenvalue weighted by Gasteiger charge is -2.04. The number of hydrogen-bond donors (Lipinski definition) is 3. The molecule has 0 bridgehead atoms. The van der Waals surface area contributed by atoms with Crippen LogP contribution in [0.2, 0.25) is 0 Å². The van der Waals surface area contributed by atoms with Gasteiger partial charge < -0.3 is 11.1 Å². The van der Waals surface area contributed by atoms with Crippen LogP contribution in [-0.4, -0.2) is 32.4 Å². The second-order valence-electron chi connectivity index (χ2n) is 3.26. The first-order valence-electron chi connectivity index (χ1n) is 5.03. The number of thiophene rings is 1. The van der Waals surface area contributed by atoms with Crippen molar-refractivity contribution in [2.75, 3.05) is 13.1 Å². The molecule has 0 aliphatic heterocycles. The van der Waals surface area contributed by atoms with Crippen molar-refractivity contribution in [3.63, 3.8) is 0 Å². The van der Waals surface area contributed by atoms with Gasteiger partial charge in [-0.3, -0.25) is 4.79 Å². The van der Waals surface area contributed by atoms with Gasteiger partial charge in [-0.1, -0.05) is 12.2 Å². The molecule has 0 fully saturated rings. The number of thiocarbonyl (C=S) groups is 1. The van der Waals surface area contributed by atoms with E-state index in [0.29, 0.717) is 11.4 Å². The Morgan fingerprint density at radius 3 is 2.67 bits per heavy atom. The first-order chi connectivity index (χ1) is 8.36. The topological polar surface area (TPSA) is 101 Å². The van der Waals surface area contributed by atoms with Crippen LogP contribution in [-0.2, 0) is 14.8 Å². The minimum Gasteiger partial charge on any atom is -0.389 e. The number of hydrogen-bond acceptors (Lipinski definition) is 5. The molecule has 0 aliphatic rings. The number of carbonyl (C=O) groups excluding carboxylic acids is 1. The van der Waals surface area contributed by atoms with Gasteiger partial charge in [0, 0.05) is 6.54 Å². The Hall–Kier alpha value is -1.03. The number of sulfonamides is 1. The SMILES string of the molecule is CCNC(=O)CNS(=O)(=O)c1ccc(C(N)=S)s1. The Morgan fingerprint density at radius 1 is 1.50 bits per heavy atom. The monoisotopic (exact) mass is 307 g/mol. The van der Waals surface area contributed by atoms with Crippen molar-refractivity contribution in [1.82, 2.24) is 10.0 Å². The maximum Gasteiger partial charge on any atom is 0.250 e. The third kappa shape index (κ3) is 4.02. The lowest BCUT2D eigenvalue weighted by molar-refractivity contribution is -0.119. The van der Waals surface area contributed by atoms with E-state index in [-0.39, 0.29) is 21.6 Å². The van der Waals surface area contributed by atoms with Gasteiger partial charge in [-0.2, -0.15) is 0 Å². The molecular weight excluding hydrogens is 294 g/mol. The molecule has 0 saturated heterocycles. The van der Waals surface area contributed by atoms with Crippen molar-refractivity contribution in [3.05, 3.63) is 17.0 Å². The molecule has 0 aliphatic carbocycles. The first kappa shape index (κ1) is 15.0. The summed E-state index contributed by atoms with van der Waals surface area (Å²) < 4.78 is 25.9. The van der Waals surface area contributed by atoms with E-state index in [1.807, 2.05) is 0 Å². The third-order valence-electron chi connectivity index (χ3n) is 1.89. The Balaban J connectivity index is 2.74. The van der Waals surface area contributed by atoms with Crippen molar-refractivity contribution >= 4 is 44.5 Å². The number of rotatable bonds is 6. The normalized spacial score (nSPS) is 11.2.